The summed E-state index contributed by atoms with van der Waals surface area (Å²) < 4.78 is 0. The summed E-state index contributed by atoms with van der Waals surface area (Å²) in [5.41, 5.74) is 6.53. The molecular formula is C18H32N2S. The van der Waals surface area contributed by atoms with Crippen molar-refractivity contribution >= 4 is 11.3 Å². The highest BCUT2D eigenvalue weighted by Crippen LogP contribution is 2.41. The standard InChI is InChI=1S/C18H32N2S/c1-14(2)16-7-5-9-18(11-16,13-19)20(15(3)4)12-17-8-6-10-21-17/h6,8,10,14-16H,5,7,9,11-13,19H2,1-4H3. The van der Waals surface area contributed by atoms with Gasteiger partial charge in [-0.15, -0.1) is 11.3 Å². The molecule has 0 saturated heterocycles. The number of rotatable bonds is 6. The number of thiophene rings is 1. The molecule has 1 heterocycles. The van der Waals surface area contributed by atoms with Crippen molar-refractivity contribution in [3.05, 3.63) is 22.4 Å². The van der Waals surface area contributed by atoms with Crippen molar-refractivity contribution in [2.45, 2.75) is 71.5 Å². The Bertz CT molecular complexity index is 413. The molecular weight excluding hydrogens is 276 g/mol. The summed E-state index contributed by atoms with van der Waals surface area (Å²) in [5, 5.41) is 2.18. The van der Waals surface area contributed by atoms with Crippen LogP contribution in [0.3, 0.4) is 0 Å². The molecule has 1 aromatic rings. The lowest BCUT2D eigenvalue weighted by molar-refractivity contribution is -0.00218. The first-order valence-electron chi connectivity index (χ1n) is 8.47. The van der Waals surface area contributed by atoms with Crippen molar-refractivity contribution in [1.82, 2.24) is 4.90 Å². The van der Waals surface area contributed by atoms with E-state index in [4.69, 9.17) is 5.73 Å². The van der Waals surface area contributed by atoms with Gasteiger partial charge in [-0.05, 0) is 50.0 Å². The molecule has 2 atom stereocenters. The van der Waals surface area contributed by atoms with Crippen LogP contribution in [0.15, 0.2) is 17.5 Å². The van der Waals surface area contributed by atoms with Gasteiger partial charge in [-0.3, -0.25) is 4.90 Å². The molecule has 1 aliphatic rings. The van der Waals surface area contributed by atoms with Crippen LogP contribution in [0.5, 0.6) is 0 Å². The first kappa shape index (κ1) is 17.0. The van der Waals surface area contributed by atoms with E-state index < -0.39 is 0 Å². The SMILES string of the molecule is CC(C)C1CCCC(CN)(N(Cc2cccs2)C(C)C)C1. The number of nitrogens with two attached hydrogens (primary N) is 1. The Kier molecular flexibility index (Phi) is 5.87. The van der Waals surface area contributed by atoms with E-state index >= 15 is 0 Å². The van der Waals surface area contributed by atoms with Gasteiger partial charge >= 0.3 is 0 Å². The largest absolute Gasteiger partial charge is 0.329 e. The fourth-order valence-electron chi connectivity index (χ4n) is 3.99. The van der Waals surface area contributed by atoms with Gasteiger partial charge in [0.15, 0.2) is 0 Å². The highest BCUT2D eigenvalue weighted by molar-refractivity contribution is 7.09. The first-order valence-corrected chi connectivity index (χ1v) is 9.35. The van der Waals surface area contributed by atoms with Gasteiger partial charge in [0.2, 0.25) is 0 Å². The molecule has 1 fully saturated rings. The number of hydrogen-bond donors (Lipinski definition) is 1. The second-order valence-electron chi connectivity index (χ2n) is 7.33. The van der Waals surface area contributed by atoms with Crippen molar-refractivity contribution in [2.75, 3.05) is 6.54 Å². The smallest absolute Gasteiger partial charge is 0.0341 e. The van der Waals surface area contributed by atoms with Gasteiger partial charge in [0.05, 0.1) is 0 Å². The Balaban J connectivity index is 2.21. The topological polar surface area (TPSA) is 29.3 Å². The minimum absolute atomic E-state index is 0.200. The van der Waals surface area contributed by atoms with Crippen molar-refractivity contribution < 1.29 is 0 Å². The molecule has 0 radical (unpaired) electrons. The van der Waals surface area contributed by atoms with Gasteiger partial charge in [-0.2, -0.15) is 0 Å². The predicted molar refractivity (Wildman–Crippen MR) is 93.6 cm³/mol. The van der Waals surface area contributed by atoms with Crippen LogP contribution in [0.2, 0.25) is 0 Å². The van der Waals surface area contributed by atoms with Crippen molar-refractivity contribution in [3.8, 4) is 0 Å². The van der Waals surface area contributed by atoms with E-state index in [2.05, 4.69) is 50.1 Å². The molecule has 21 heavy (non-hydrogen) atoms. The van der Waals surface area contributed by atoms with Crippen molar-refractivity contribution in [3.63, 3.8) is 0 Å². The van der Waals surface area contributed by atoms with Crippen LogP contribution < -0.4 is 5.73 Å². The van der Waals surface area contributed by atoms with Gasteiger partial charge < -0.3 is 5.73 Å². The zero-order chi connectivity index (χ0) is 15.5. The first-order chi connectivity index (χ1) is 9.98. The van der Waals surface area contributed by atoms with E-state index in [1.54, 1.807) is 0 Å². The molecule has 0 spiro atoms. The molecule has 0 bridgehead atoms. The zero-order valence-corrected chi connectivity index (χ0v) is 15.0. The Morgan fingerprint density at radius 2 is 2.14 bits per heavy atom. The van der Waals surface area contributed by atoms with Crippen LogP contribution in [0.4, 0.5) is 0 Å². The van der Waals surface area contributed by atoms with Crippen LogP contribution in [-0.2, 0) is 6.54 Å². The van der Waals surface area contributed by atoms with Crippen LogP contribution in [0.25, 0.3) is 0 Å². The molecule has 0 amide bonds. The summed E-state index contributed by atoms with van der Waals surface area (Å²) in [6.45, 7) is 11.2. The second kappa shape index (κ2) is 7.26. The Morgan fingerprint density at radius 1 is 1.38 bits per heavy atom. The third-order valence-corrected chi connectivity index (χ3v) is 6.18. The summed E-state index contributed by atoms with van der Waals surface area (Å²) in [6, 6.07) is 4.96. The predicted octanol–water partition coefficient (Wildman–Crippen LogP) is 4.50. The van der Waals surface area contributed by atoms with Crippen LogP contribution in [-0.4, -0.2) is 23.0 Å². The summed E-state index contributed by atoms with van der Waals surface area (Å²) >= 11 is 1.87. The molecule has 0 aliphatic heterocycles. The summed E-state index contributed by atoms with van der Waals surface area (Å²) in [5.74, 6) is 1.60. The maximum absolute atomic E-state index is 6.33. The maximum atomic E-state index is 6.33. The average Bonchev–Trinajstić information content (AvgIpc) is 2.97. The van der Waals surface area contributed by atoms with Gasteiger partial charge in [0.25, 0.3) is 0 Å². The van der Waals surface area contributed by atoms with E-state index in [0.717, 1.165) is 24.9 Å². The monoisotopic (exact) mass is 308 g/mol. The highest BCUT2D eigenvalue weighted by atomic mass is 32.1. The van der Waals surface area contributed by atoms with Crippen molar-refractivity contribution in [2.24, 2.45) is 17.6 Å². The van der Waals surface area contributed by atoms with Gasteiger partial charge in [-0.1, -0.05) is 32.8 Å². The minimum atomic E-state index is 0.200. The van der Waals surface area contributed by atoms with Crippen LogP contribution in [0.1, 0.15) is 58.3 Å². The fraction of sp³-hybridized carbons (Fsp3) is 0.778. The van der Waals surface area contributed by atoms with Crippen LogP contribution >= 0.6 is 11.3 Å². The Morgan fingerprint density at radius 3 is 2.67 bits per heavy atom. The molecule has 0 aromatic carbocycles. The van der Waals surface area contributed by atoms with E-state index in [1.807, 2.05) is 11.3 Å². The highest BCUT2D eigenvalue weighted by Gasteiger charge is 2.41. The summed E-state index contributed by atoms with van der Waals surface area (Å²) in [4.78, 5) is 4.15. The maximum Gasteiger partial charge on any atom is 0.0341 e. The molecule has 2 unspecified atom stereocenters. The van der Waals surface area contributed by atoms with Gasteiger partial charge in [0, 0.05) is 29.5 Å². The third kappa shape index (κ3) is 3.88. The van der Waals surface area contributed by atoms with E-state index in [1.165, 1.54) is 30.6 Å². The number of nitrogens with zero attached hydrogens (tertiary/aromatic N) is 1. The lowest BCUT2D eigenvalue weighted by Gasteiger charge is -2.51. The van der Waals surface area contributed by atoms with E-state index in [0.29, 0.717) is 6.04 Å². The minimum Gasteiger partial charge on any atom is -0.329 e. The van der Waals surface area contributed by atoms with Crippen molar-refractivity contribution in [1.29, 1.82) is 0 Å². The lowest BCUT2D eigenvalue weighted by atomic mass is 9.70. The Hall–Kier alpha value is -0.380. The van der Waals surface area contributed by atoms with Gasteiger partial charge in [0.1, 0.15) is 0 Å². The second-order valence-corrected chi connectivity index (χ2v) is 8.36. The molecule has 1 aliphatic carbocycles. The quantitative estimate of drug-likeness (QED) is 0.838. The average molecular weight is 309 g/mol. The fourth-order valence-corrected chi connectivity index (χ4v) is 4.69. The van der Waals surface area contributed by atoms with Gasteiger partial charge in [-0.25, -0.2) is 0 Å². The molecule has 2 rings (SSSR count). The van der Waals surface area contributed by atoms with Crippen LogP contribution in [0, 0.1) is 11.8 Å². The molecule has 2 N–H and O–H groups in total. The molecule has 1 aromatic heterocycles. The Labute approximate surface area is 134 Å². The summed E-state index contributed by atoms with van der Waals surface area (Å²) in [6.07, 6.45) is 5.24. The zero-order valence-electron chi connectivity index (χ0n) is 14.1. The van der Waals surface area contributed by atoms with E-state index in [9.17, 15) is 0 Å². The molecule has 3 heteroatoms. The third-order valence-electron chi connectivity index (χ3n) is 5.32. The van der Waals surface area contributed by atoms with E-state index in [-0.39, 0.29) is 5.54 Å². The molecule has 120 valence electrons. The number of hydrogen-bond acceptors (Lipinski definition) is 3. The molecule has 2 nitrogen and oxygen atoms in total. The normalized spacial score (nSPS) is 27.0. The lowest BCUT2D eigenvalue weighted by Crippen LogP contribution is -2.58. The molecule has 1 saturated carbocycles. The summed E-state index contributed by atoms with van der Waals surface area (Å²) in [7, 11) is 0.